The number of hydrogen-bond acceptors (Lipinski definition) is 6. The maximum atomic E-state index is 13.7. The summed E-state index contributed by atoms with van der Waals surface area (Å²) in [7, 11) is -3.99. The van der Waals surface area contributed by atoms with Gasteiger partial charge in [0.05, 0.1) is 21.2 Å². The molecule has 0 aliphatic carbocycles. The Kier molecular flexibility index (Phi) is 7.88. The van der Waals surface area contributed by atoms with E-state index in [4.69, 9.17) is 39.1 Å². The monoisotopic (exact) mass is 596 g/mol. The summed E-state index contributed by atoms with van der Waals surface area (Å²) in [5, 5.41) is 13.7. The number of amidine groups is 1. The number of halogens is 2. The van der Waals surface area contributed by atoms with Crippen molar-refractivity contribution in [3.63, 3.8) is 0 Å². The van der Waals surface area contributed by atoms with Gasteiger partial charge in [-0.15, -0.1) is 11.3 Å². The molecular weight excluding hydrogens is 575 g/mol. The number of fused-ring (bicyclic) bond motifs is 1. The highest BCUT2D eigenvalue weighted by molar-refractivity contribution is 7.89. The molecular formula is C28H22Cl2N4O3S2. The molecule has 4 aromatic carbocycles. The van der Waals surface area contributed by atoms with Crippen LogP contribution in [0.4, 0.5) is 0 Å². The minimum absolute atomic E-state index is 0.0355. The van der Waals surface area contributed by atoms with Gasteiger partial charge in [0.15, 0.2) is 5.84 Å². The quantitative estimate of drug-likeness (QED) is 0.0804. The van der Waals surface area contributed by atoms with Gasteiger partial charge in [0, 0.05) is 21.2 Å². The number of rotatable bonds is 8. The van der Waals surface area contributed by atoms with Crippen molar-refractivity contribution in [2.24, 2.45) is 10.9 Å². The second kappa shape index (κ2) is 11.3. The molecule has 1 atom stereocenters. The van der Waals surface area contributed by atoms with Gasteiger partial charge in [0.1, 0.15) is 5.01 Å². The molecule has 0 aliphatic heterocycles. The number of sulfonamides is 1. The summed E-state index contributed by atoms with van der Waals surface area (Å²) in [5.41, 5.74) is 9.18. The van der Waals surface area contributed by atoms with Crippen LogP contribution >= 0.6 is 34.5 Å². The maximum absolute atomic E-state index is 13.7. The molecule has 0 aliphatic rings. The zero-order chi connectivity index (χ0) is 27.6. The van der Waals surface area contributed by atoms with E-state index in [9.17, 15) is 8.42 Å². The van der Waals surface area contributed by atoms with Crippen LogP contribution in [0.3, 0.4) is 0 Å². The Morgan fingerprint density at radius 2 is 1.79 bits per heavy atom. The number of nitrogens with zero attached hydrogens (tertiary/aromatic N) is 2. The third kappa shape index (κ3) is 6.08. The van der Waals surface area contributed by atoms with Gasteiger partial charge in [-0.2, -0.15) is 0 Å². The average molecular weight is 598 g/mol. The Morgan fingerprint density at radius 1 is 1.00 bits per heavy atom. The second-order valence-electron chi connectivity index (χ2n) is 8.74. The second-order valence-corrected chi connectivity index (χ2v) is 12.4. The van der Waals surface area contributed by atoms with E-state index >= 15 is 0 Å². The molecule has 0 bridgehead atoms. The molecule has 39 heavy (non-hydrogen) atoms. The fraction of sp³-hybridized carbons (Fsp3) is 0.0714. The number of thiazole rings is 1. The fourth-order valence-electron chi connectivity index (χ4n) is 4.18. The molecule has 0 fully saturated rings. The minimum atomic E-state index is -3.99. The van der Waals surface area contributed by atoms with Crippen LogP contribution in [0.15, 0.2) is 101 Å². The Morgan fingerprint density at radius 3 is 2.56 bits per heavy atom. The van der Waals surface area contributed by atoms with Gasteiger partial charge >= 0.3 is 0 Å². The summed E-state index contributed by atoms with van der Waals surface area (Å²) >= 11 is 13.8. The summed E-state index contributed by atoms with van der Waals surface area (Å²) in [6, 6.07) is 25.7. The van der Waals surface area contributed by atoms with Crippen LogP contribution in [0, 0.1) is 0 Å². The van der Waals surface area contributed by atoms with Gasteiger partial charge in [-0.1, -0.05) is 76.9 Å². The summed E-state index contributed by atoms with van der Waals surface area (Å²) in [4.78, 5) is 4.80. The number of para-hydroxylation sites is 1. The lowest BCUT2D eigenvalue weighted by molar-refractivity contribution is 0.318. The lowest BCUT2D eigenvalue weighted by atomic mass is 10.0. The van der Waals surface area contributed by atoms with E-state index in [1.807, 2.05) is 30.3 Å². The van der Waals surface area contributed by atoms with Crippen molar-refractivity contribution in [1.29, 1.82) is 0 Å². The van der Waals surface area contributed by atoms with Gasteiger partial charge in [0.2, 0.25) is 10.0 Å². The number of nitrogens with two attached hydrogens (primary N) is 1. The van der Waals surface area contributed by atoms with Crippen molar-refractivity contribution < 1.29 is 13.6 Å². The Balaban J connectivity index is 1.52. The highest BCUT2D eigenvalue weighted by Crippen LogP contribution is 2.33. The zero-order valence-corrected chi connectivity index (χ0v) is 23.4. The predicted molar refractivity (Wildman–Crippen MR) is 157 cm³/mol. The molecule has 7 nitrogen and oxygen atoms in total. The Hall–Kier alpha value is -3.47. The molecule has 1 heterocycles. The van der Waals surface area contributed by atoms with Crippen LogP contribution < -0.4 is 10.5 Å². The van der Waals surface area contributed by atoms with Gasteiger partial charge in [-0.3, -0.25) is 0 Å². The minimum Gasteiger partial charge on any atom is -0.409 e. The van der Waals surface area contributed by atoms with Crippen molar-refractivity contribution in [1.82, 2.24) is 9.71 Å². The number of nitrogens with one attached hydrogen (secondary N) is 1. The smallest absolute Gasteiger partial charge is 0.241 e. The van der Waals surface area contributed by atoms with E-state index < -0.39 is 16.1 Å². The highest BCUT2D eigenvalue weighted by Gasteiger charge is 2.25. The molecule has 0 spiro atoms. The van der Waals surface area contributed by atoms with Gasteiger partial charge in [0.25, 0.3) is 0 Å². The lowest BCUT2D eigenvalue weighted by Gasteiger charge is -2.18. The number of aromatic nitrogens is 1. The lowest BCUT2D eigenvalue weighted by Crippen LogP contribution is -2.30. The highest BCUT2D eigenvalue weighted by atomic mass is 35.5. The van der Waals surface area contributed by atoms with E-state index in [1.165, 1.54) is 17.4 Å². The van der Waals surface area contributed by atoms with E-state index in [2.05, 4.69) is 9.88 Å². The van der Waals surface area contributed by atoms with Crippen molar-refractivity contribution in [2.75, 3.05) is 0 Å². The number of hydrogen-bond donors (Lipinski definition) is 3. The Labute approximate surface area is 239 Å². The Bertz CT molecular complexity index is 1770. The molecule has 198 valence electrons. The molecule has 1 unspecified atom stereocenters. The first-order valence-corrected chi connectivity index (χ1v) is 14.8. The first kappa shape index (κ1) is 27.1. The van der Waals surface area contributed by atoms with Crippen molar-refractivity contribution in [3.8, 4) is 11.1 Å². The summed E-state index contributed by atoms with van der Waals surface area (Å²) in [6.45, 7) is 0. The van der Waals surface area contributed by atoms with Crippen LogP contribution in [0.25, 0.3) is 21.3 Å². The molecule has 0 saturated heterocycles. The van der Waals surface area contributed by atoms with Crippen LogP contribution in [0.2, 0.25) is 10.0 Å². The standard InChI is InChI=1S/C28H22Cl2N4O3S2/c29-20-11-12-22(23(30)16-20)18-6-4-8-21(15-18)39(36,37)34-25(28-32-24-9-1-2-10-26(24)38-28)14-17-5-3-7-19(13-17)27(31)33-35/h1-13,15-16,25,34-35H,14H2,(H2,31,33). The summed E-state index contributed by atoms with van der Waals surface area (Å²) in [6.07, 6.45) is 0.286. The largest absolute Gasteiger partial charge is 0.409 e. The van der Waals surface area contributed by atoms with E-state index in [0.717, 1.165) is 15.8 Å². The van der Waals surface area contributed by atoms with Crippen molar-refractivity contribution in [3.05, 3.63) is 117 Å². The molecule has 0 amide bonds. The predicted octanol–water partition coefficient (Wildman–Crippen LogP) is 6.63. The first-order chi connectivity index (χ1) is 18.7. The average Bonchev–Trinajstić information content (AvgIpc) is 3.37. The third-order valence-electron chi connectivity index (χ3n) is 6.06. The third-order valence-corrected chi connectivity index (χ3v) is 9.23. The molecule has 11 heteroatoms. The van der Waals surface area contributed by atoms with E-state index in [-0.39, 0.29) is 17.2 Å². The maximum Gasteiger partial charge on any atom is 0.241 e. The SMILES string of the molecule is NC(=NO)c1cccc(CC(NS(=O)(=O)c2cccc(-c3ccc(Cl)cc3Cl)c2)c2nc3ccccc3s2)c1. The normalized spacial score (nSPS) is 13.0. The van der Waals surface area contributed by atoms with Gasteiger partial charge in [-0.25, -0.2) is 18.1 Å². The first-order valence-electron chi connectivity index (χ1n) is 11.7. The summed E-state index contributed by atoms with van der Waals surface area (Å²) < 4.78 is 31.2. The van der Waals surface area contributed by atoms with Gasteiger partial charge in [-0.05, 0) is 60.0 Å². The molecule has 0 radical (unpaired) electrons. The van der Waals surface area contributed by atoms with Crippen LogP contribution in [-0.4, -0.2) is 24.4 Å². The molecule has 1 aromatic heterocycles. The van der Waals surface area contributed by atoms with Gasteiger partial charge < -0.3 is 10.9 Å². The van der Waals surface area contributed by atoms with Crippen LogP contribution in [0.1, 0.15) is 22.2 Å². The zero-order valence-electron chi connectivity index (χ0n) is 20.3. The van der Waals surface area contributed by atoms with E-state index in [0.29, 0.717) is 31.7 Å². The number of benzene rings is 4. The van der Waals surface area contributed by atoms with Crippen molar-refractivity contribution in [2.45, 2.75) is 17.4 Å². The fourth-order valence-corrected chi connectivity index (χ4v) is 7.04. The van der Waals surface area contributed by atoms with Crippen molar-refractivity contribution >= 4 is 60.6 Å². The van der Waals surface area contributed by atoms with Crippen LogP contribution in [-0.2, 0) is 16.4 Å². The molecule has 0 saturated carbocycles. The van der Waals surface area contributed by atoms with E-state index in [1.54, 1.807) is 54.6 Å². The number of oxime groups is 1. The topological polar surface area (TPSA) is 118 Å². The van der Waals surface area contributed by atoms with Crippen LogP contribution in [0.5, 0.6) is 0 Å². The summed E-state index contributed by atoms with van der Waals surface area (Å²) in [5.74, 6) is -0.0355. The molecule has 5 aromatic rings. The molecule has 4 N–H and O–H groups in total. The molecule has 5 rings (SSSR count).